The highest BCUT2D eigenvalue weighted by Crippen LogP contribution is 2.29. The fraction of sp³-hybridized carbons (Fsp3) is 0.357. The van der Waals surface area contributed by atoms with E-state index in [1.165, 1.54) is 13.2 Å². The van der Waals surface area contributed by atoms with Gasteiger partial charge < -0.3 is 19.1 Å². The van der Waals surface area contributed by atoms with Gasteiger partial charge in [-0.25, -0.2) is 4.79 Å². The van der Waals surface area contributed by atoms with Crippen molar-refractivity contribution >= 4 is 5.97 Å². The fourth-order valence-corrected chi connectivity index (χ4v) is 1.73. The summed E-state index contributed by atoms with van der Waals surface area (Å²) in [7, 11) is 1.40. The van der Waals surface area contributed by atoms with Crippen molar-refractivity contribution in [2.24, 2.45) is 0 Å². The zero-order valence-electron chi connectivity index (χ0n) is 11.8. The first-order valence-electron chi connectivity index (χ1n) is 6.50. The van der Waals surface area contributed by atoms with Crippen molar-refractivity contribution in [2.75, 3.05) is 7.11 Å². The molecule has 7 nitrogen and oxygen atoms in total. The molecule has 0 aliphatic heterocycles. The molecule has 2 rings (SSSR count). The molecule has 2 aromatic rings. The molecule has 0 bridgehead atoms. The standard InChI is InChI=1S/C14H16N2O5/c1-3-5-11-15-12(21-16-11)8-20-14(18)9-6-4-7-10(19-2)13(9)17/h4,6-7,17H,3,5,8H2,1-2H3. The normalized spacial score (nSPS) is 10.4. The molecule has 1 aromatic heterocycles. The summed E-state index contributed by atoms with van der Waals surface area (Å²) in [6.45, 7) is 1.85. The van der Waals surface area contributed by atoms with Crippen LogP contribution in [0, 0.1) is 0 Å². The van der Waals surface area contributed by atoms with Gasteiger partial charge in [0.25, 0.3) is 5.89 Å². The summed E-state index contributed by atoms with van der Waals surface area (Å²) in [5.74, 6) is 0.0401. The lowest BCUT2D eigenvalue weighted by molar-refractivity contribution is 0.0426. The number of aryl methyl sites for hydroxylation is 1. The summed E-state index contributed by atoms with van der Waals surface area (Å²) in [6.07, 6.45) is 1.60. The molecular formula is C14H16N2O5. The van der Waals surface area contributed by atoms with E-state index in [2.05, 4.69) is 10.1 Å². The number of phenolic OH excluding ortho intramolecular Hbond substituents is 1. The van der Waals surface area contributed by atoms with Crippen molar-refractivity contribution in [1.82, 2.24) is 10.1 Å². The number of hydrogen-bond donors (Lipinski definition) is 1. The molecule has 112 valence electrons. The number of rotatable bonds is 6. The van der Waals surface area contributed by atoms with E-state index in [9.17, 15) is 9.90 Å². The second-order valence-electron chi connectivity index (χ2n) is 4.29. The van der Waals surface area contributed by atoms with Gasteiger partial charge in [-0.05, 0) is 18.6 Å². The average Bonchev–Trinajstić information content (AvgIpc) is 2.93. The summed E-state index contributed by atoms with van der Waals surface area (Å²) < 4.78 is 14.9. The van der Waals surface area contributed by atoms with Gasteiger partial charge in [0.2, 0.25) is 0 Å². The number of nitrogens with zero attached hydrogens (tertiary/aromatic N) is 2. The average molecular weight is 292 g/mol. The minimum Gasteiger partial charge on any atom is -0.504 e. The van der Waals surface area contributed by atoms with Gasteiger partial charge in [0.05, 0.1) is 7.11 Å². The van der Waals surface area contributed by atoms with Gasteiger partial charge in [-0.1, -0.05) is 18.1 Å². The number of methoxy groups -OCH3 is 1. The minimum atomic E-state index is -0.693. The molecule has 0 unspecified atom stereocenters. The number of carbonyl (C=O) groups is 1. The number of para-hydroxylation sites is 1. The Morgan fingerprint density at radius 1 is 1.43 bits per heavy atom. The van der Waals surface area contributed by atoms with Crippen LogP contribution in [0.3, 0.4) is 0 Å². The van der Waals surface area contributed by atoms with Crippen molar-refractivity contribution in [2.45, 2.75) is 26.4 Å². The Morgan fingerprint density at radius 2 is 2.24 bits per heavy atom. The van der Waals surface area contributed by atoms with E-state index >= 15 is 0 Å². The molecule has 0 aliphatic rings. The molecule has 7 heteroatoms. The van der Waals surface area contributed by atoms with Crippen LogP contribution in [0.1, 0.15) is 35.4 Å². The van der Waals surface area contributed by atoms with E-state index in [0.717, 1.165) is 6.42 Å². The van der Waals surface area contributed by atoms with Gasteiger partial charge in [-0.15, -0.1) is 0 Å². The third-order valence-corrected chi connectivity index (χ3v) is 2.75. The second-order valence-corrected chi connectivity index (χ2v) is 4.29. The largest absolute Gasteiger partial charge is 0.504 e. The van der Waals surface area contributed by atoms with E-state index in [0.29, 0.717) is 12.2 Å². The number of benzene rings is 1. The Morgan fingerprint density at radius 3 is 2.95 bits per heavy atom. The number of aromatic hydroxyl groups is 1. The number of hydrogen-bond acceptors (Lipinski definition) is 7. The van der Waals surface area contributed by atoms with Crippen LogP contribution in [-0.4, -0.2) is 28.3 Å². The molecule has 21 heavy (non-hydrogen) atoms. The molecule has 0 fully saturated rings. The molecule has 1 aromatic carbocycles. The predicted molar refractivity (Wildman–Crippen MR) is 72.1 cm³/mol. The quantitative estimate of drug-likeness (QED) is 0.814. The van der Waals surface area contributed by atoms with Gasteiger partial charge in [0.1, 0.15) is 5.56 Å². The summed E-state index contributed by atoms with van der Waals surface area (Å²) in [4.78, 5) is 16.0. The zero-order valence-corrected chi connectivity index (χ0v) is 11.8. The first kappa shape index (κ1) is 14.8. The first-order valence-corrected chi connectivity index (χ1v) is 6.50. The molecule has 0 amide bonds. The SMILES string of the molecule is CCCc1noc(COC(=O)c2cccc(OC)c2O)n1. The van der Waals surface area contributed by atoms with Crippen LogP contribution in [0.15, 0.2) is 22.7 Å². The Hall–Kier alpha value is -2.57. The maximum Gasteiger partial charge on any atom is 0.342 e. The number of esters is 1. The topological polar surface area (TPSA) is 94.7 Å². The number of carbonyl (C=O) groups excluding carboxylic acids is 1. The van der Waals surface area contributed by atoms with Gasteiger partial charge in [0, 0.05) is 6.42 Å². The van der Waals surface area contributed by atoms with Crippen LogP contribution in [0.4, 0.5) is 0 Å². The molecular weight excluding hydrogens is 276 g/mol. The van der Waals surface area contributed by atoms with E-state index < -0.39 is 5.97 Å². The van der Waals surface area contributed by atoms with Crippen molar-refractivity contribution in [3.63, 3.8) is 0 Å². The zero-order chi connectivity index (χ0) is 15.2. The van der Waals surface area contributed by atoms with Crippen molar-refractivity contribution < 1.29 is 23.9 Å². The minimum absolute atomic E-state index is 0.0163. The van der Waals surface area contributed by atoms with Crippen LogP contribution in [0.25, 0.3) is 0 Å². The molecule has 0 saturated carbocycles. The third kappa shape index (κ3) is 3.50. The third-order valence-electron chi connectivity index (χ3n) is 2.75. The van der Waals surface area contributed by atoms with Crippen molar-refractivity contribution in [1.29, 1.82) is 0 Å². The lowest BCUT2D eigenvalue weighted by Gasteiger charge is -2.07. The number of ether oxygens (including phenoxy) is 2. The van der Waals surface area contributed by atoms with Crippen LogP contribution < -0.4 is 4.74 Å². The highest BCUT2D eigenvalue weighted by Gasteiger charge is 2.17. The van der Waals surface area contributed by atoms with Gasteiger partial charge in [-0.3, -0.25) is 0 Å². The van der Waals surface area contributed by atoms with E-state index in [-0.39, 0.29) is 29.6 Å². The monoisotopic (exact) mass is 292 g/mol. The number of aromatic nitrogens is 2. The highest BCUT2D eigenvalue weighted by atomic mass is 16.6. The Kier molecular flexibility index (Phi) is 4.76. The second kappa shape index (κ2) is 6.74. The molecule has 0 atom stereocenters. The first-order chi connectivity index (χ1) is 10.2. The fourth-order valence-electron chi connectivity index (χ4n) is 1.73. The Labute approximate surface area is 121 Å². The lowest BCUT2D eigenvalue weighted by atomic mass is 10.2. The van der Waals surface area contributed by atoms with Crippen LogP contribution in [0.5, 0.6) is 11.5 Å². The molecule has 0 spiro atoms. The maximum absolute atomic E-state index is 11.9. The van der Waals surface area contributed by atoms with Gasteiger partial charge in [-0.2, -0.15) is 4.98 Å². The highest BCUT2D eigenvalue weighted by molar-refractivity contribution is 5.93. The summed E-state index contributed by atoms with van der Waals surface area (Å²) >= 11 is 0. The van der Waals surface area contributed by atoms with Gasteiger partial charge in [0.15, 0.2) is 23.9 Å². The van der Waals surface area contributed by atoms with Crippen molar-refractivity contribution in [3.05, 3.63) is 35.5 Å². The summed E-state index contributed by atoms with van der Waals surface area (Å²) in [5.41, 5.74) is 0.0163. The van der Waals surface area contributed by atoms with Gasteiger partial charge >= 0.3 is 5.97 Å². The lowest BCUT2D eigenvalue weighted by Crippen LogP contribution is -2.06. The smallest absolute Gasteiger partial charge is 0.342 e. The van der Waals surface area contributed by atoms with E-state index in [4.69, 9.17) is 14.0 Å². The van der Waals surface area contributed by atoms with E-state index in [1.54, 1.807) is 12.1 Å². The predicted octanol–water partition coefficient (Wildman–Crippen LogP) is 2.09. The molecule has 1 heterocycles. The molecule has 0 aliphatic carbocycles. The Balaban J connectivity index is 2.01. The Bertz CT molecular complexity index is 624. The summed E-state index contributed by atoms with van der Waals surface area (Å²) in [6, 6.07) is 4.57. The molecule has 0 saturated heterocycles. The van der Waals surface area contributed by atoms with Crippen LogP contribution >= 0.6 is 0 Å². The summed E-state index contributed by atoms with van der Waals surface area (Å²) in [5, 5.41) is 13.6. The molecule has 0 radical (unpaired) electrons. The maximum atomic E-state index is 11.9. The van der Waals surface area contributed by atoms with Crippen LogP contribution in [-0.2, 0) is 17.8 Å². The molecule has 1 N–H and O–H groups in total. The van der Waals surface area contributed by atoms with E-state index in [1.807, 2.05) is 6.92 Å². The van der Waals surface area contributed by atoms with Crippen molar-refractivity contribution in [3.8, 4) is 11.5 Å². The number of phenols is 1. The van der Waals surface area contributed by atoms with Crippen LogP contribution in [0.2, 0.25) is 0 Å².